The number of anilines is 1. The largest absolute Gasteiger partial charge is 0.394 e. The van der Waals surface area contributed by atoms with Crippen LogP contribution >= 0.6 is 12.2 Å². The highest BCUT2D eigenvalue weighted by Crippen LogP contribution is 2.30. The Hall–Kier alpha value is -1.10. The van der Waals surface area contributed by atoms with Gasteiger partial charge in [0, 0.05) is 11.8 Å². The average molecular weight is 288 g/mol. The number of hydrogen-bond acceptors (Lipinski definition) is 8. The third kappa shape index (κ3) is 2.48. The Kier molecular flexibility index (Phi) is 4.13. The van der Waals surface area contributed by atoms with Crippen LogP contribution in [0.15, 0.2) is 6.20 Å². The molecule has 6 N–H and O–H groups in total. The minimum atomic E-state index is -1.19. The van der Waals surface area contributed by atoms with E-state index >= 15 is 0 Å². The number of nitrogens with one attached hydrogen (secondary N) is 1. The molecule has 9 heteroatoms. The molecule has 0 bridgehead atoms. The second-order valence-corrected chi connectivity index (χ2v) is 4.70. The van der Waals surface area contributed by atoms with Gasteiger partial charge in [-0.25, -0.2) is 10.8 Å². The first kappa shape index (κ1) is 14.3. The van der Waals surface area contributed by atoms with E-state index in [0.29, 0.717) is 11.4 Å². The smallest absolute Gasteiger partial charge is 0.203 e. The van der Waals surface area contributed by atoms with Crippen molar-refractivity contribution in [3.8, 4) is 0 Å². The average Bonchev–Trinajstić information content (AvgIpc) is 2.68. The number of aromatic nitrogens is 2. The lowest BCUT2D eigenvalue weighted by atomic mass is 10.1. The monoisotopic (exact) mass is 288 g/mol. The first-order valence-corrected chi connectivity index (χ1v) is 6.09. The van der Waals surface area contributed by atoms with Gasteiger partial charge in [-0.15, -0.1) is 0 Å². The van der Waals surface area contributed by atoms with Crippen LogP contribution in [0.25, 0.3) is 0 Å². The molecule has 4 atom stereocenters. The van der Waals surface area contributed by atoms with E-state index in [9.17, 15) is 10.2 Å². The lowest BCUT2D eigenvalue weighted by Gasteiger charge is -2.19. The third-order valence-corrected chi connectivity index (χ3v) is 3.36. The third-order valence-electron chi connectivity index (χ3n) is 3.06. The normalized spacial score (nSPS) is 30.6. The van der Waals surface area contributed by atoms with Crippen molar-refractivity contribution in [1.29, 1.82) is 0 Å². The molecule has 1 saturated heterocycles. The molecule has 1 aromatic rings. The van der Waals surface area contributed by atoms with E-state index in [0.717, 1.165) is 0 Å². The Labute approximate surface area is 114 Å². The summed E-state index contributed by atoms with van der Waals surface area (Å²) < 4.78 is 6.96. The summed E-state index contributed by atoms with van der Waals surface area (Å²) in [6.07, 6.45) is -2.50. The maximum atomic E-state index is 9.93. The maximum Gasteiger partial charge on any atom is 0.203 e. The van der Waals surface area contributed by atoms with Crippen LogP contribution in [-0.4, -0.2) is 49.8 Å². The molecule has 1 aromatic heterocycles. The number of aryl methyl sites for hydroxylation is 1. The lowest BCUT2D eigenvalue weighted by Crippen LogP contribution is -2.33. The molecule has 106 valence electrons. The van der Waals surface area contributed by atoms with Gasteiger partial charge in [-0.2, -0.15) is 0 Å². The van der Waals surface area contributed by atoms with E-state index in [2.05, 4.69) is 10.4 Å². The quantitative estimate of drug-likeness (QED) is 0.267. The minimum Gasteiger partial charge on any atom is -0.394 e. The summed E-state index contributed by atoms with van der Waals surface area (Å²) in [5.74, 6) is 5.72. The fraction of sp³-hybridized carbons (Fsp3) is 0.600. The Morgan fingerprint density at radius 3 is 2.74 bits per heavy atom. The highest BCUT2D eigenvalue weighted by Gasteiger charge is 2.43. The van der Waals surface area contributed by atoms with Crippen molar-refractivity contribution in [3.63, 3.8) is 0 Å². The number of nitrogens with zero attached hydrogens (tertiary/aromatic N) is 2. The fourth-order valence-electron chi connectivity index (χ4n) is 2.00. The number of aliphatic hydroxyl groups is 3. The van der Waals surface area contributed by atoms with Gasteiger partial charge in [0.25, 0.3) is 0 Å². The van der Waals surface area contributed by atoms with Gasteiger partial charge < -0.3 is 25.5 Å². The predicted octanol–water partition coefficient (Wildman–Crippen LogP) is -1.18. The standard InChI is InChI=1S/C10H16N4O4S/c1-4-2-14(10(19)12-8(4)13-11)9-7(17)6(16)5(3-15)18-9/h2,5-7,9,15-17H,3,11H2,1H3,(H,12,13,19)/t5-,6-,7-,9-/m1/s1. The highest BCUT2D eigenvalue weighted by molar-refractivity contribution is 7.71. The van der Waals surface area contributed by atoms with Gasteiger partial charge in [-0.3, -0.25) is 4.57 Å². The van der Waals surface area contributed by atoms with Gasteiger partial charge in [0.05, 0.1) is 6.61 Å². The first-order chi connectivity index (χ1) is 8.99. The number of hydrogen-bond donors (Lipinski definition) is 5. The zero-order chi connectivity index (χ0) is 14.2. The lowest BCUT2D eigenvalue weighted by molar-refractivity contribution is -0.0541. The Bertz CT molecular complexity index is 523. The molecule has 0 aromatic carbocycles. The van der Waals surface area contributed by atoms with Crippen molar-refractivity contribution in [2.75, 3.05) is 12.0 Å². The summed E-state index contributed by atoms with van der Waals surface area (Å²) in [6, 6.07) is 0. The van der Waals surface area contributed by atoms with Crippen molar-refractivity contribution in [2.24, 2.45) is 5.84 Å². The van der Waals surface area contributed by atoms with Crippen molar-refractivity contribution < 1.29 is 20.1 Å². The molecule has 1 aliphatic heterocycles. The summed E-state index contributed by atoms with van der Waals surface area (Å²) in [5, 5.41) is 28.7. The SMILES string of the molecule is Cc1cn([C@@H]2O[C@H](CO)[C@@H](O)[C@H]2O)c(=S)nc1NN. The minimum absolute atomic E-state index is 0.147. The number of hydrazine groups is 1. The van der Waals surface area contributed by atoms with E-state index in [-0.39, 0.29) is 4.77 Å². The van der Waals surface area contributed by atoms with Crippen LogP contribution in [0.1, 0.15) is 11.8 Å². The molecule has 0 aliphatic carbocycles. The molecule has 0 radical (unpaired) electrons. The van der Waals surface area contributed by atoms with Crippen LogP contribution in [0.5, 0.6) is 0 Å². The van der Waals surface area contributed by atoms with Crippen LogP contribution in [0.2, 0.25) is 0 Å². The first-order valence-electron chi connectivity index (χ1n) is 5.68. The van der Waals surface area contributed by atoms with Crippen LogP contribution in [0, 0.1) is 11.7 Å². The van der Waals surface area contributed by atoms with Crippen molar-refractivity contribution in [3.05, 3.63) is 16.5 Å². The number of nitrogen functional groups attached to an aromatic ring is 1. The molecule has 1 fully saturated rings. The topological polar surface area (TPSA) is 126 Å². The molecule has 1 aliphatic rings. The zero-order valence-corrected chi connectivity index (χ0v) is 11.0. The summed E-state index contributed by atoms with van der Waals surface area (Å²) in [6.45, 7) is 1.37. The van der Waals surface area contributed by atoms with Crippen LogP contribution < -0.4 is 11.3 Å². The van der Waals surface area contributed by atoms with Gasteiger partial charge in [0.2, 0.25) is 4.77 Å². The summed E-state index contributed by atoms with van der Waals surface area (Å²) in [5.41, 5.74) is 3.11. The predicted molar refractivity (Wildman–Crippen MR) is 68.6 cm³/mol. The van der Waals surface area contributed by atoms with E-state index in [1.54, 1.807) is 13.1 Å². The Morgan fingerprint density at radius 2 is 2.21 bits per heavy atom. The van der Waals surface area contributed by atoms with E-state index in [1.807, 2.05) is 0 Å². The summed E-state index contributed by atoms with van der Waals surface area (Å²) in [7, 11) is 0. The molecule has 2 heterocycles. The molecule has 0 amide bonds. The zero-order valence-electron chi connectivity index (χ0n) is 10.2. The highest BCUT2D eigenvalue weighted by atomic mass is 32.1. The van der Waals surface area contributed by atoms with Crippen LogP contribution in [-0.2, 0) is 4.74 Å². The molecule has 8 nitrogen and oxygen atoms in total. The number of rotatable bonds is 3. The summed E-state index contributed by atoms with van der Waals surface area (Å²) >= 11 is 5.09. The second kappa shape index (κ2) is 5.49. The Morgan fingerprint density at radius 1 is 1.53 bits per heavy atom. The van der Waals surface area contributed by atoms with Crippen LogP contribution in [0.4, 0.5) is 5.82 Å². The molecular formula is C10H16N4O4S. The van der Waals surface area contributed by atoms with Gasteiger partial charge >= 0.3 is 0 Å². The number of aliphatic hydroxyl groups excluding tert-OH is 3. The van der Waals surface area contributed by atoms with Gasteiger partial charge in [0.1, 0.15) is 24.1 Å². The molecular weight excluding hydrogens is 272 g/mol. The van der Waals surface area contributed by atoms with Crippen molar-refractivity contribution in [2.45, 2.75) is 31.5 Å². The second-order valence-electron chi connectivity index (χ2n) is 4.34. The van der Waals surface area contributed by atoms with Gasteiger partial charge in [-0.1, -0.05) is 0 Å². The maximum absolute atomic E-state index is 9.93. The van der Waals surface area contributed by atoms with Crippen molar-refractivity contribution in [1.82, 2.24) is 9.55 Å². The number of nitrogens with two attached hydrogens (primary N) is 1. The van der Waals surface area contributed by atoms with Gasteiger partial charge in [-0.05, 0) is 19.1 Å². The van der Waals surface area contributed by atoms with Crippen LogP contribution in [0.3, 0.4) is 0 Å². The van der Waals surface area contributed by atoms with E-state index in [4.69, 9.17) is 27.9 Å². The molecule has 0 spiro atoms. The molecule has 0 unspecified atom stereocenters. The molecule has 2 rings (SSSR count). The summed E-state index contributed by atoms with van der Waals surface area (Å²) in [4.78, 5) is 4.05. The van der Waals surface area contributed by atoms with E-state index < -0.39 is 31.1 Å². The fourth-order valence-corrected chi connectivity index (χ4v) is 2.25. The molecule has 19 heavy (non-hydrogen) atoms. The number of ether oxygens (including phenoxy) is 1. The Balaban J connectivity index is 2.38. The van der Waals surface area contributed by atoms with Crippen molar-refractivity contribution >= 4 is 18.0 Å². The van der Waals surface area contributed by atoms with E-state index in [1.165, 1.54) is 4.57 Å². The molecule has 0 saturated carbocycles. The van der Waals surface area contributed by atoms with Gasteiger partial charge in [0.15, 0.2) is 6.23 Å².